The molecule has 0 aromatic heterocycles. The molecular weight excluding hydrogens is 107 g/mol. The van der Waals surface area contributed by atoms with Crippen LogP contribution in [0.25, 0.3) is 0 Å². The first kappa shape index (κ1) is 5.50. The molecule has 1 radical (unpaired) electrons. The molecule has 0 aromatic rings. The van der Waals surface area contributed by atoms with Crippen molar-refractivity contribution in [2.45, 2.75) is 13.2 Å². The zero-order chi connectivity index (χ0) is 2.99. The molecule has 29 valence electrons. The van der Waals surface area contributed by atoms with Crippen LogP contribution in [0.5, 0.6) is 0 Å². The third-order valence-electron chi connectivity index (χ3n) is 0.289. The first-order chi connectivity index (χ1) is 1.89. The fourth-order valence-electron chi connectivity index (χ4n) is 0.0556. The van der Waals surface area contributed by atoms with Gasteiger partial charge in [-0.1, -0.05) is 0 Å². The van der Waals surface area contributed by atoms with E-state index in [0.29, 0.717) is 0 Å². The summed E-state index contributed by atoms with van der Waals surface area (Å²) in [5.74, 6) is 0. The molecule has 1 aliphatic heterocycles. The van der Waals surface area contributed by atoms with Crippen LogP contribution in [0.2, 0.25) is 0 Å². The largest absolute Gasteiger partial charge is 0.221 e. The fraction of sp³-hybridized carbons (Fsp3) is 1.00. The van der Waals surface area contributed by atoms with Crippen molar-refractivity contribution in [3.8, 4) is 0 Å². The summed E-state index contributed by atoms with van der Waals surface area (Å²) in [6.07, 6.45) is 0.0833. The van der Waals surface area contributed by atoms with Gasteiger partial charge < -0.3 is 0 Å². The molecule has 1 heterocycles. The summed E-state index contributed by atoms with van der Waals surface area (Å²) in [4.78, 5) is 8.42. The molecule has 0 bridgehead atoms. The van der Waals surface area contributed by atoms with E-state index in [9.17, 15) is 0 Å². The van der Waals surface area contributed by atoms with Gasteiger partial charge in [-0.3, -0.25) is 0 Å². The van der Waals surface area contributed by atoms with Crippen molar-refractivity contribution < 1.29 is 28.3 Å². The van der Waals surface area contributed by atoms with E-state index in [1.807, 2.05) is 6.92 Å². The third-order valence-corrected chi connectivity index (χ3v) is 0.289. The maximum absolute atomic E-state index is 4.21. The van der Waals surface area contributed by atoms with Crippen LogP contribution in [0.1, 0.15) is 6.92 Å². The van der Waals surface area contributed by atoms with E-state index in [4.69, 9.17) is 0 Å². The van der Waals surface area contributed by atoms with Crippen LogP contribution in [0.15, 0.2) is 0 Å². The van der Waals surface area contributed by atoms with Crippen molar-refractivity contribution in [2.24, 2.45) is 0 Å². The van der Waals surface area contributed by atoms with Crippen molar-refractivity contribution in [1.82, 2.24) is 0 Å². The van der Waals surface area contributed by atoms with Gasteiger partial charge in [-0.2, -0.15) is 9.78 Å². The van der Waals surface area contributed by atoms with Crippen molar-refractivity contribution in [2.75, 3.05) is 0 Å². The predicted octanol–water partition coefficient (Wildman–Crippen LogP) is 0.292. The second kappa shape index (κ2) is 1.83. The molecule has 1 fully saturated rings. The SMILES string of the molecule is CC1OO1.[V]. The Morgan fingerprint density at radius 3 is 1.60 bits per heavy atom. The average Bonchev–Trinajstić information content (AvgIpc) is 1.75. The Morgan fingerprint density at radius 2 is 1.60 bits per heavy atom. The Labute approximate surface area is 42.3 Å². The van der Waals surface area contributed by atoms with Gasteiger partial charge in [-0.25, -0.2) is 0 Å². The van der Waals surface area contributed by atoms with E-state index in [0.717, 1.165) is 0 Å². The molecule has 0 N–H and O–H groups in total. The Balaban J connectivity index is 0.000000160. The Bertz CT molecular complexity index is 26.8. The standard InChI is InChI=1S/C2H4O2.V/c1-2-3-4-2;/h2H,1H3;. The zero-order valence-corrected chi connectivity index (χ0v) is 4.24. The van der Waals surface area contributed by atoms with Gasteiger partial charge in [-0.15, -0.1) is 0 Å². The van der Waals surface area contributed by atoms with E-state index in [2.05, 4.69) is 9.78 Å². The maximum Gasteiger partial charge on any atom is 0.221 e. The summed E-state index contributed by atoms with van der Waals surface area (Å²) in [6, 6.07) is 0. The normalized spacial score (nSPS) is 21.0. The summed E-state index contributed by atoms with van der Waals surface area (Å²) < 4.78 is 0. The maximum atomic E-state index is 4.21. The van der Waals surface area contributed by atoms with Gasteiger partial charge in [0.25, 0.3) is 0 Å². The van der Waals surface area contributed by atoms with Gasteiger partial charge in [-0.05, 0) is 6.92 Å². The molecule has 3 heteroatoms. The smallest absolute Gasteiger partial charge is 0.199 e. The molecule has 1 aliphatic rings. The Morgan fingerprint density at radius 1 is 1.40 bits per heavy atom. The fourth-order valence-corrected chi connectivity index (χ4v) is 0.0556. The molecule has 0 aliphatic carbocycles. The molecule has 5 heavy (non-hydrogen) atoms. The molecule has 0 amide bonds. The van der Waals surface area contributed by atoms with Crippen LogP contribution in [-0.4, -0.2) is 6.29 Å². The summed E-state index contributed by atoms with van der Waals surface area (Å²) in [7, 11) is 0. The van der Waals surface area contributed by atoms with Gasteiger partial charge >= 0.3 is 0 Å². The molecule has 0 atom stereocenters. The topological polar surface area (TPSA) is 25.1 Å². The van der Waals surface area contributed by atoms with Gasteiger partial charge in [0, 0.05) is 18.6 Å². The summed E-state index contributed by atoms with van der Waals surface area (Å²) >= 11 is 0. The molecule has 0 saturated carbocycles. The van der Waals surface area contributed by atoms with Crippen molar-refractivity contribution in [3.05, 3.63) is 0 Å². The monoisotopic (exact) mass is 111 g/mol. The van der Waals surface area contributed by atoms with Crippen LogP contribution in [0.4, 0.5) is 0 Å². The average molecular weight is 111 g/mol. The minimum atomic E-state index is 0. The van der Waals surface area contributed by atoms with Gasteiger partial charge in [0.15, 0.2) is 0 Å². The molecule has 1 saturated heterocycles. The van der Waals surface area contributed by atoms with Crippen LogP contribution >= 0.6 is 0 Å². The molecule has 0 spiro atoms. The van der Waals surface area contributed by atoms with E-state index in [-0.39, 0.29) is 24.8 Å². The van der Waals surface area contributed by atoms with Crippen molar-refractivity contribution in [1.29, 1.82) is 0 Å². The third kappa shape index (κ3) is 2.30. The van der Waals surface area contributed by atoms with E-state index in [1.165, 1.54) is 0 Å². The van der Waals surface area contributed by atoms with Gasteiger partial charge in [0.1, 0.15) is 0 Å². The zero-order valence-electron chi connectivity index (χ0n) is 2.84. The molecule has 0 unspecified atom stereocenters. The van der Waals surface area contributed by atoms with Crippen LogP contribution in [0.3, 0.4) is 0 Å². The first-order valence-electron chi connectivity index (χ1n) is 1.22. The summed E-state index contributed by atoms with van der Waals surface area (Å²) in [5.41, 5.74) is 0. The second-order valence-electron chi connectivity index (χ2n) is 0.760. The van der Waals surface area contributed by atoms with E-state index >= 15 is 0 Å². The first-order valence-corrected chi connectivity index (χ1v) is 1.22. The summed E-state index contributed by atoms with van der Waals surface area (Å²) in [5, 5.41) is 0. The molecule has 2 nitrogen and oxygen atoms in total. The van der Waals surface area contributed by atoms with Gasteiger partial charge in [0.05, 0.1) is 0 Å². The van der Waals surface area contributed by atoms with Crippen LogP contribution in [-0.2, 0) is 28.3 Å². The number of hydrogen-bond acceptors (Lipinski definition) is 2. The van der Waals surface area contributed by atoms with E-state index in [1.54, 1.807) is 0 Å². The Hall–Kier alpha value is 0.504. The molecule has 1 rings (SSSR count). The number of hydrogen-bond donors (Lipinski definition) is 0. The van der Waals surface area contributed by atoms with Gasteiger partial charge in [0.2, 0.25) is 6.29 Å². The molecule has 0 aromatic carbocycles. The predicted molar refractivity (Wildman–Crippen MR) is 11.6 cm³/mol. The minimum absolute atomic E-state index is 0. The summed E-state index contributed by atoms with van der Waals surface area (Å²) in [6.45, 7) is 1.83. The van der Waals surface area contributed by atoms with Crippen molar-refractivity contribution in [3.63, 3.8) is 0 Å². The quantitative estimate of drug-likeness (QED) is 0.331. The van der Waals surface area contributed by atoms with E-state index < -0.39 is 0 Å². The Kier molecular flexibility index (Phi) is 2.01. The van der Waals surface area contributed by atoms with Crippen molar-refractivity contribution >= 4 is 0 Å². The second-order valence-corrected chi connectivity index (χ2v) is 0.760. The minimum Gasteiger partial charge on any atom is -0.199 e. The number of rotatable bonds is 0. The van der Waals surface area contributed by atoms with Crippen LogP contribution in [0, 0.1) is 0 Å². The molecular formula is C2H4O2V. The van der Waals surface area contributed by atoms with Crippen LogP contribution < -0.4 is 0 Å².